The summed E-state index contributed by atoms with van der Waals surface area (Å²) in [4.78, 5) is 55.8. The molecule has 5 heterocycles. The van der Waals surface area contributed by atoms with E-state index in [1.165, 1.54) is 30.6 Å². The smallest absolute Gasteiger partial charge is 0.417 e. The first kappa shape index (κ1) is 43.3. The minimum absolute atomic E-state index is 0.00384. The fraction of sp³-hybridized carbons (Fsp3) is 0.342. The second-order valence-electron chi connectivity index (χ2n) is 14.4. The lowest BCUT2D eigenvalue weighted by molar-refractivity contribution is -0.148. The van der Waals surface area contributed by atoms with Crippen molar-refractivity contribution in [3.63, 3.8) is 0 Å². The standard InChI is InChI=1S/C38H34F6N10O8/c1-2-45-32(56)18-10-26(28-16-53(49-47-28)19-5-7-22(24(12-19)37(39,40)41)33(57)51-9-3-4-30(51)35(59)60)46-27(11-18)29-17-54(50-48-29)20-6-8-23(25(13-20)38(42,43)44)34(58)52-15-21(55)14-31(52)36(61)62/h5-8,10-13,16-17,21,30-31,34,55,58H,2-4,9,14-15H2,1H3,(H,45,56)(H,59,60)(H,61,62)/t21-,30+,31+,34?/m1/s1. The number of aromatic nitrogens is 7. The number of benzene rings is 2. The maximum absolute atomic E-state index is 14.4. The molecule has 2 aliphatic heterocycles. The van der Waals surface area contributed by atoms with Crippen LogP contribution in [0.2, 0.25) is 0 Å². The first-order chi connectivity index (χ1) is 29.2. The Hall–Kier alpha value is -6.79. The summed E-state index contributed by atoms with van der Waals surface area (Å²) in [5.41, 5.74) is -4.68. The lowest BCUT2D eigenvalue weighted by atomic mass is 10.0. The zero-order valence-corrected chi connectivity index (χ0v) is 32.0. The van der Waals surface area contributed by atoms with Gasteiger partial charge in [0, 0.05) is 37.2 Å². The Morgan fingerprint density at radius 3 is 1.92 bits per heavy atom. The lowest BCUT2D eigenvalue weighted by Crippen LogP contribution is -2.41. The summed E-state index contributed by atoms with van der Waals surface area (Å²) < 4.78 is 88.3. The van der Waals surface area contributed by atoms with E-state index in [-0.39, 0.29) is 65.6 Å². The van der Waals surface area contributed by atoms with Crippen LogP contribution in [0.25, 0.3) is 34.2 Å². The number of carboxylic acid groups (broad SMARTS) is 2. The van der Waals surface area contributed by atoms with Crippen LogP contribution in [0.1, 0.15) is 69.8 Å². The van der Waals surface area contributed by atoms with Gasteiger partial charge in [0.05, 0.1) is 58.0 Å². The minimum atomic E-state index is -5.05. The highest BCUT2D eigenvalue weighted by Gasteiger charge is 2.44. The van der Waals surface area contributed by atoms with E-state index in [9.17, 15) is 65.9 Å². The number of hydrogen-bond acceptors (Lipinski definition) is 12. The number of hydrogen-bond donors (Lipinski definition) is 5. The van der Waals surface area contributed by atoms with E-state index < -0.39 is 89.3 Å². The number of carboxylic acids is 2. The molecule has 1 unspecified atom stereocenters. The van der Waals surface area contributed by atoms with Gasteiger partial charge in [0.1, 0.15) is 29.7 Å². The molecule has 62 heavy (non-hydrogen) atoms. The molecule has 2 fully saturated rings. The molecule has 2 saturated heterocycles. The van der Waals surface area contributed by atoms with E-state index in [0.29, 0.717) is 18.6 Å². The van der Waals surface area contributed by atoms with Gasteiger partial charge in [-0.25, -0.2) is 19.1 Å². The molecule has 2 aromatic carbocycles. The number of pyridine rings is 1. The number of aliphatic hydroxyl groups is 2. The van der Waals surface area contributed by atoms with Gasteiger partial charge >= 0.3 is 24.3 Å². The number of halogens is 6. The molecule has 5 N–H and O–H groups in total. The molecule has 7 rings (SSSR count). The molecule has 0 radical (unpaired) electrons. The Morgan fingerprint density at radius 1 is 0.806 bits per heavy atom. The average molecular weight is 873 g/mol. The number of likely N-dealkylation sites (tertiary alicyclic amines) is 2. The molecular weight excluding hydrogens is 838 g/mol. The number of nitrogens with zero attached hydrogens (tertiary/aromatic N) is 9. The summed E-state index contributed by atoms with van der Waals surface area (Å²) in [6.45, 7) is 1.42. The van der Waals surface area contributed by atoms with Crippen molar-refractivity contribution < 1.29 is 65.9 Å². The summed E-state index contributed by atoms with van der Waals surface area (Å²) in [5.74, 6) is -4.46. The third kappa shape index (κ3) is 8.55. The van der Waals surface area contributed by atoms with Crippen LogP contribution in [-0.4, -0.2) is 127 Å². The third-order valence-corrected chi connectivity index (χ3v) is 10.3. The number of carbonyl (C=O) groups excluding carboxylic acids is 2. The zero-order valence-electron chi connectivity index (χ0n) is 32.0. The first-order valence-corrected chi connectivity index (χ1v) is 18.7. The SMILES string of the molecule is CCNC(=O)c1cc(-c2cn(-c3ccc(C(=O)N4CCC[C@H]4C(=O)O)c(C(F)(F)F)c3)nn2)nc(-c2cn(-c3ccc(C(O)N4C[C@H](O)C[C@H]4C(=O)O)c(C(F)(F)F)c3)nn2)c1. The molecule has 2 amide bonds. The summed E-state index contributed by atoms with van der Waals surface area (Å²) in [6, 6.07) is 5.38. The van der Waals surface area contributed by atoms with Gasteiger partial charge in [-0.2, -0.15) is 26.3 Å². The Balaban J connectivity index is 1.21. The van der Waals surface area contributed by atoms with Crippen LogP contribution in [0.5, 0.6) is 0 Å². The molecule has 0 saturated carbocycles. The second kappa shape index (κ2) is 16.6. The largest absolute Gasteiger partial charge is 0.480 e. The van der Waals surface area contributed by atoms with Crippen LogP contribution < -0.4 is 5.32 Å². The third-order valence-electron chi connectivity index (χ3n) is 10.3. The number of amides is 2. The Kier molecular flexibility index (Phi) is 11.6. The minimum Gasteiger partial charge on any atom is -0.480 e. The van der Waals surface area contributed by atoms with Crippen molar-refractivity contribution in [3.8, 4) is 34.2 Å². The van der Waals surface area contributed by atoms with Crippen LogP contribution in [0, 0.1) is 0 Å². The van der Waals surface area contributed by atoms with E-state index >= 15 is 0 Å². The molecule has 0 spiro atoms. The van der Waals surface area contributed by atoms with E-state index in [2.05, 4.69) is 30.9 Å². The van der Waals surface area contributed by atoms with Gasteiger partial charge in [-0.3, -0.25) is 19.3 Å². The quantitative estimate of drug-likeness (QED) is 0.119. The number of aliphatic hydroxyl groups excluding tert-OH is 2. The highest BCUT2D eigenvalue weighted by molar-refractivity contribution is 5.99. The fourth-order valence-corrected chi connectivity index (χ4v) is 7.41. The van der Waals surface area contributed by atoms with Gasteiger partial charge in [-0.05, 0) is 62.2 Å². The first-order valence-electron chi connectivity index (χ1n) is 18.7. The van der Waals surface area contributed by atoms with Crippen LogP contribution in [0.15, 0.2) is 60.9 Å². The van der Waals surface area contributed by atoms with Crippen molar-refractivity contribution in [1.82, 2.24) is 50.1 Å². The van der Waals surface area contributed by atoms with Crippen molar-refractivity contribution >= 4 is 23.8 Å². The number of carbonyl (C=O) groups is 4. The number of aliphatic carboxylic acids is 2. The van der Waals surface area contributed by atoms with Gasteiger partial charge in [0.15, 0.2) is 0 Å². The summed E-state index contributed by atoms with van der Waals surface area (Å²) in [6.07, 6.45) is -10.9. The van der Waals surface area contributed by atoms with E-state index in [1.807, 2.05) is 0 Å². The maximum atomic E-state index is 14.4. The van der Waals surface area contributed by atoms with Crippen molar-refractivity contribution in [2.45, 2.75) is 63.0 Å². The predicted octanol–water partition coefficient (Wildman–Crippen LogP) is 3.56. The van der Waals surface area contributed by atoms with Crippen LogP contribution in [0.4, 0.5) is 26.3 Å². The zero-order chi connectivity index (χ0) is 44.8. The maximum Gasteiger partial charge on any atom is 0.417 e. The number of alkyl halides is 6. The molecule has 24 heteroatoms. The van der Waals surface area contributed by atoms with Gasteiger partial charge in [0.25, 0.3) is 11.8 Å². The number of β-amino-alcohol motifs (C(OH)–C–C–N with tert-alkyl or cyclic N) is 1. The van der Waals surface area contributed by atoms with E-state index in [0.717, 1.165) is 37.4 Å². The van der Waals surface area contributed by atoms with Gasteiger partial charge < -0.3 is 30.6 Å². The molecule has 18 nitrogen and oxygen atoms in total. The lowest BCUT2D eigenvalue weighted by Gasteiger charge is -2.29. The van der Waals surface area contributed by atoms with Crippen molar-refractivity contribution in [1.29, 1.82) is 0 Å². The van der Waals surface area contributed by atoms with Gasteiger partial charge in [0.2, 0.25) is 0 Å². The Labute approximate surface area is 345 Å². The monoisotopic (exact) mass is 872 g/mol. The van der Waals surface area contributed by atoms with Crippen LogP contribution in [0.3, 0.4) is 0 Å². The van der Waals surface area contributed by atoms with Crippen LogP contribution >= 0.6 is 0 Å². The number of rotatable bonds is 11. The van der Waals surface area contributed by atoms with Gasteiger partial charge in [-0.1, -0.05) is 16.5 Å². The normalized spacial score (nSPS) is 18.9. The van der Waals surface area contributed by atoms with Crippen molar-refractivity contribution in [2.24, 2.45) is 0 Å². The molecule has 0 aliphatic carbocycles. The molecule has 3 aromatic heterocycles. The second-order valence-corrected chi connectivity index (χ2v) is 14.4. The molecule has 326 valence electrons. The topological polar surface area (TPSA) is 242 Å². The van der Waals surface area contributed by atoms with Crippen molar-refractivity contribution in [2.75, 3.05) is 19.6 Å². The molecule has 2 aliphatic rings. The molecule has 4 atom stereocenters. The number of nitrogens with one attached hydrogen (secondary N) is 1. The van der Waals surface area contributed by atoms with Crippen LogP contribution in [-0.2, 0) is 21.9 Å². The van der Waals surface area contributed by atoms with E-state index in [1.54, 1.807) is 6.92 Å². The fourth-order valence-electron chi connectivity index (χ4n) is 7.41. The Morgan fingerprint density at radius 2 is 1.37 bits per heavy atom. The highest BCUT2D eigenvalue weighted by atomic mass is 19.4. The molecule has 5 aromatic rings. The molecular formula is C38H34F6N10O8. The molecule has 0 bridgehead atoms. The highest BCUT2D eigenvalue weighted by Crippen LogP contribution is 2.39. The summed E-state index contributed by atoms with van der Waals surface area (Å²) >= 11 is 0. The summed E-state index contributed by atoms with van der Waals surface area (Å²) in [5, 5.41) is 58.4. The van der Waals surface area contributed by atoms with E-state index in [4.69, 9.17) is 0 Å². The Bertz CT molecular complexity index is 2560. The average Bonchev–Trinajstić information content (AvgIpc) is 4.06. The predicted molar refractivity (Wildman–Crippen MR) is 198 cm³/mol. The summed E-state index contributed by atoms with van der Waals surface area (Å²) in [7, 11) is 0. The van der Waals surface area contributed by atoms with Gasteiger partial charge in [-0.15, -0.1) is 10.2 Å². The van der Waals surface area contributed by atoms with Crippen molar-refractivity contribution in [3.05, 3.63) is 88.7 Å².